The van der Waals surface area contributed by atoms with E-state index in [0.717, 1.165) is 55.5 Å². The molecule has 1 fully saturated rings. The molecule has 11 heteroatoms. The van der Waals surface area contributed by atoms with Crippen LogP contribution in [-0.4, -0.2) is 49.0 Å². The second-order valence-corrected chi connectivity index (χ2v) is 10.7. The van der Waals surface area contributed by atoms with Crippen LogP contribution in [-0.2, 0) is 24.7 Å². The summed E-state index contributed by atoms with van der Waals surface area (Å²) < 4.78 is 43.0. The Kier molecular flexibility index (Phi) is 6.59. The van der Waals surface area contributed by atoms with E-state index in [4.69, 9.17) is 0 Å². The molecule has 1 N–H and O–H groups in total. The third-order valence-corrected chi connectivity index (χ3v) is 8.24. The number of carbonyl (C=O) groups is 2. The predicted molar refractivity (Wildman–Crippen MR) is 141 cm³/mol. The minimum Gasteiger partial charge on any atom is -0.351 e. The highest BCUT2D eigenvalue weighted by molar-refractivity contribution is 6.02. The van der Waals surface area contributed by atoms with Gasteiger partial charge in [-0.05, 0) is 48.7 Å². The summed E-state index contributed by atoms with van der Waals surface area (Å²) in [5.41, 5.74) is 1.78. The summed E-state index contributed by atoms with van der Waals surface area (Å²) in [4.78, 5) is 32.6. The molecule has 1 saturated carbocycles. The Labute approximate surface area is 228 Å². The molecule has 2 aliphatic rings. The van der Waals surface area contributed by atoms with E-state index in [0.29, 0.717) is 37.3 Å². The van der Waals surface area contributed by atoms with Gasteiger partial charge in [-0.25, -0.2) is 9.50 Å². The molecule has 0 saturated heterocycles. The van der Waals surface area contributed by atoms with Crippen molar-refractivity contribution in [1.29, 1.82) is 0 Å². The van der Waals surface area contributed by atoms with Crippen LogP contribution in [0.2, 0.25) is 0 Å². The number of alkyl halides is 3. The Bertz CT molecular complexity index is 1550. The number of pyridine rings is 1. The van der Waals surface area contributed by atoms with Gasteiger partial charge in [0.1, 0.15) is 0 Å². The number of rotatable bonds is 5. The van der Waals surface area contributed by atoms with Crippen LogP contribution >= 0.6 is 0 Å². The first-order valence-electron chi connectivity index (χ1n) is 13.5. The fourth-order valence-corrected chi connectivity index (χ4v) is 5.98. The third-order valence-electron chi connectivity index (χ3n) is 8.24. The highest BCUT2D eigenvalue weighted by atomic mass is 19.4. The van der Waals surface area contributed by atoms with Gasteiger partial charge in [-0.15, -0.1) is 0 Å². The molecule has 3 aromatic heterocycles. The maximum Gasteiger partial charge on any atom is 0.416 e. The predicted octanol–water partition coefficient (Wildman–Crippen LogP) is 4.84. The van der Waals surface area contributed by atoms with E-state index in [9.17, 15) is 22.8 Å². The lowest BCUT2D eigenvalue weighted by Crippen LogP contribution is -2.42. The number of amides is 2. The highest BCUT2D eigenvalue weighted by Gasteiger charge is 2.36. The van der Waals surface area contributed by atoms with Crippen LogP contribution in [0.4, 0.5) is 13.2 Å². The summed E-state index contributed by atoms with van der Waals surface area (Å²) in [6.45, 7) is 1.93. The van der Waals surface area contributed by atoms with Gasteiger partial charge in [0, 0.05) is 37.4 Å². The number of aromatic nitrogens is 4. The monoisotopic (exact) mass is 550 g/mol. The molecule has 1 aliphatic carbocycles. The standard InChI is InChI=1S/C29H29F3N6O2/c30-29(31,32)21-8-6-20(7-9-21)28(10-2-1-3-11-28)18-34-26(39)23-5-4-12-38-25(23)15-24(35-38)27(40)36-13-14-37-19-33-16-22(37)17-36/h4-9,12,15-16,19H,1-3,10-11,13-14,17-18H2,(H,34,39). The normalized spacial score (nSPS) is 17.0. The van der Waals surface area contributed by atoms with Gasteiger partial charge in [-0.3, -0.25) is 9.59 Å². The molecule has 0 atom stereocenters. The molecule has 1 aromatic carbocycles. The summed E-state index contributed by atoms with van der Waals surface area (Å²) in [6, 6.07) is 10.4. The smallest absolute Gasteiger partial charge is 0.351 e. The largest absolute Gasteiger partial charge is 0.416 e. The summed E-state index contributed by atoms with van der Waals surface area (Å²) in [5.74, 6) is -0.533. The lowest BCUT2D eigenvalue weighted by Gasteiger charge is -2.38. The minimum absolute atomic E-state index is 0.217. The van der Waals surface area contributed by atoms with Crippen LogP contribution in [0.15, 0.2) is 61.2 Å². The first-order valence-corrected chi connectivity index (χ1v) is 13.5. The van der Waals surface area contributed by atoms with E-state index < -0.39 is 17.2 Å². The summed E-state index contributed by atoms with van der Waals surface area (Å²) in [7, 11) is 0. The molecule has 0 spiro atoms. The van der Waals surface area contributed by atoms with Crippen LogP contribution in [0.3, 0.4) is 0 Å². The molecule has 6 rings (SSSR count). The molecule has 2 amide bonds. The lowest BCUT2D eigenvalue weighted by atomic mass is 9.69. The third kappa shape index (κ3) is 4.84. The molecule has 0 radical (unpaired) electrons. The van der Waals surface area contributed by atoms with Crippen molar-refractivity contribution in [2.45, 2.75) is 56.8 Å². The number of nitrogens with zero attached hydrogens (tertiary/aromatic N) is 5. The zero-order valence-electron chi connectivity index (χ0n) is 21.8. The van der Waals surface area contributed by atoms with Gasteiger partial charge >= 0.3 is 6.18 Å². The zero-order chi connectivity index (χ0) is 27.9. The average Bonchev–Trinajstić information content (AvgIpc) is 3.62. The number of carbonyl (C=O) groups excluding carboxylic acids is 2. The van der Waals surface area contributed by atoms with Crippen molar-refractivity contribution in [1.82, 2.24) is 29.4 Å². The Morgan fingerprint density at radius 3 is 2.55 bits per heavy atom. The van der Waals surface area contributed by atoms with Gasteiger partial charge in [0.2, 0.25) is 0 Å². The van der Waals surface area contributed by atoms with E-state index in [1.54, 1.807) is 54.0 Å². The van der Waals surface area contributed by atoms with E-state index in [-0.39, 0.29) is 17.5 Å². The Balaban J connectivity index is 1.21. The summed E-state index contributed by atoms with van der Waals surface area (Å²) in [6.07, 6.45) is 5.30. The number of hydrogen-bond acceptors (Lipinski definition) is 4. The molecular weight excluding hydrogens is 521 g/mol. The number of nitrogens with one attached hydrogen (secondary N) is 1. The first kappa shape index (κ1) is 26.1. The van der Waals surface area contributed by atoms with Crippen molar-refractivity contribution in [2.75, 3.05) is 13.1 Å². The number of fused-ring (bicyclic) bond motifs is 2. The highest BCUT2D eigenvalue weighted by Crippen LogP contribution is 2.40. The van der Waals surface area contributed by atoms with Crippen molar-refractivity contribution in [3.8, 4) is 0 Å². The average molecular weight is 551 g/mol. The number of halogens is 3. The first-order chi connectivity index (χ1) is 19.2. The number of imidazole rings is 1. The van der Waals surface area contributed by atoms with Crippen LogP contribution in [0, 0.1) is 0 Å². The molecule has 8 nitrogen and oxygen atoms in total. The van der Waals surface area contributed by atoms with E-state index in [1.165, 1.54) is 4.52 Å². The topological polar surface area (TPSA) is 84.5 Å². The molecular formula is C29H29F3N6O2. The molecule has 4 aromatic rings. The molecule has 0 bridgehead atoms. The van der Waals surface area contributed by atoms with E-state index in [1.807, 2.05) is 4.57 Å². The number of hydrogen-bond donors (Lipinski definition) is 1. The number of benzene rings is 1. The maximum absolute atomic E-state index is 13.4. The van der Waals surface area contributed by atoms with Crippen LogP contribution in [0.25, 0.3) is 5.52 Å². The molecule has 40 heavy (non-hydrogen) atoms. The van der Waals surface area contributed by atoms with Crippen molar-refractivity contribution < 1.29 is 22.8 Å². The molecule has 1 aliphatic heterocycles. The molecule has 4 heterocycles. The summed E-state index contributed by atoms with van der Waals surface area (Å²) >= 11 is 0. The maximum atomic E-state index is 13.4. The van der Waals surface area contributed by atoms with Crippen molar-refractivity contribution in [3.63, 3.8) is 0 Å². The zero-order valence-corrected chi connectivity index (χ0v) is 21.8. The Hall–Kier alpha value is -4.15. The Morgan fingerprint density at radius 1 is 1.02 bits per heavy atom. The Morgan fingerprint density at radius 2 is 1.80 bits per heavy atom. The SMILES string of the molecule is O=C(NCC1(c2ccc(C(F)(F)F)cc2)CCCCC1)c1cccn2nc(C(=O)N3CCn4cncc4C3)cc12. The van der Waals surface area contributed by atoms with Gasteiger partial charge in [-0.2, -0.15) is 18.3 Å². The van der Waals surface area contributed by atoms with Gasteiger partial charge in [0.15, 0.2) is 5.69 Å². The van der Waals surface area contributed by atoms with Crippen molar-refractivity contribution in [3.05, 3.63) is 89.3 Å². The van der Waals surface area contributed by atoms with Gasteiger partial charge < -0.3 is 14.8 Å². The fourth-order valence-electron chi connectivity index (χ4n) is 5.98. The van der Waals surface area contributed by atoms with E-state index >= 15 is 0 Å². The fraction of sp³-hybridized carbons (Fsp3) is 0.379. The second-order valence-electron chi connectivity index (χ2n) is 10.7. The lowest BCUT2D eigenvalue weighted by molar-refractivity contribution is -0.137. The quantitative estimate of drug-likeness (QED) is 0.386. The van der Waals surface area contributed by atoms with Crippen LogP contribution in [0.5, 0.6) is 0 Å². The van der Waals surface area contributed by atoms with Crippen LogP contribution in [0.1, 0.15) is 69.8 Å². The van der Waals surface area contributed by atoms with E-state index in [2.05, 4.69) is 15.4 Å². The summed E-state index contributed by atoms with van der Waals surface area (Å²) in [5, 5.41) is 7.49. The van der Waals surface area contributed by atoms with Gasteiger partial charge in [0.05, 0.1) is 35.2 Å². The van der Waals surface area contributed by atoms with Crippen LogP contribution < -0.4 is 5.32 Å². The van der Waals surface area contributed by atoms with Crippen molar-refractivity contribution >= 4 is 17.3 Å². The minimum atomic E-state index is -4.40. The van der Waals surface area contributed by atoms with Crippen molar-refractivity contribution in [2.24, 2.45) is 0 Å². The molecule has 0 unspecified atom stereocenters. The second kappa shape index (κ2) is 10.1. The van der Waals surface area contributed by atoms with Gasteiger partial charge in [-0.1, -0.05) is 31.4 Å². The molecule has 208 valence electrons. The van der Waals surface area contributed by atoms with Gasteiger partial charge in [0.25, 0.3) is 11.8 Å².